The van der Waals surface area contributed by atoms with Crippen LogP contribution in [0.15, 0.2) is 42.5 Å². The first kappa shape index (κ1) is 18.2. The van der Waals surface area contributed by atoms with Gasteiger partial charge in [-0.15, -0.1) is 0 Å². The highest BCUT2D eigenvalue weighted by molar-refractivity contribution is 6.00. The van der Waals surface area contributed by atoms with Crippen LogP contribution in [-0.2, 0) is 16.1 Å². The molecule has 2 aliphatic rings. The van der Waals surface area contributed by atoms with Crippen molar-refractivity contribution < 1.29 is 23.8 Å². The van der Waals surface area contributed by atoms with Crippen molar-refractivity contribution in [1.29, 1.82) is 0 Å². The average Bonchev–Trinajstić information content (AvgIpc) is 2.72. The first-order chi connectivity index (χ1) is 13.6. The number of nitrogens with one attached hydrogen (secondary N) is 1. The minimum Gasteiger partial charge on any atom is -0.486 e. The number of ether oxygens (including phenoxy) is 3. The molecule has 2 aromatic carbocycles. The maximum Gasteiger partial charge on any atom is 0.267 e. The van der Waals surface area contributed by atoms with Crippen LogP contribution in [0, 0.1) is 0 Å². The predicted octanol–water partition coefficient (Wildman–Crippen LogP) is 2.28. The van der Waals surface area contributed by atoms with Gasteiger partial charge in [0.15, 0.2) is 17.6 Å². The van der Waals surface area contributed by atoms with Crippen LogP contribution < -0.4 is 24.4 Å². The number of hydrogen-bond acceptors (Lipinski definition) is 5. The molecule has 0 fully saturated rings. The molecule has 1 atom stereocenters. The van der Waals surface area contributed by atoms with Crippen LogP contribution in [0.5, 0.6) is 17.2 Å². The zero-order chi connectivity index (χ0) is 19.5. The van der Waals surface area contributed by atoms with E-state index < -0.39 is 6.10 Å². The molecule has 2 aliphatic heterocycles. The normalized spacial score (nSPS) is 17.5. The van der Waals surface area contributed by atoms with E-state index in [2.05, 4.69) is 5.32 Å². The van der Waals surface area contributed by atoms with Gasteiger partial charge in [0.25, 0.3) is 5.91 Å². The Morgan fingerprint density at radius 1 is 1.11 bits per heavy atom. The fraction of sp³-hybridized carbons (Fsp3) is 0.333. The Kier molecular flexibility index (Phi) is 5.06. The van der Waals surface area contributed by atoms with Gasteiger partial charge in [-0.3, -0.25) is 9.59 Å². The van der Waals surface area contributed by atoms with Gasteiger partial charge in [0, 0.05) is 19.5 Å². The van der Waals surface area contributed by atoms with Gasteiger partial charge in [0.05, 0.1) is 5.69 Å². The molecule has 0 bridgehead atoms. The maximum atomic E-state index is 12.5. The molecule has 2 amide bonds. The monoisotopic (exact) mass is 382 g/mol. The molecule has 4 rings (SSSR count). The summed E-state index contributed by atoms with van der Waals surface area (Å²) in [5, 5.41) is 2.89. The van der Waals surface area contributed by atoms with E-state index in [-0.39, 0.29) is 18.2 Å². The second-order valence-corrected chi connectivity index (χ2v) is 6.72. The Morgan fingerprint density at radius 2 is 1.89 bits per heavy atom. The minimum atomic E-state index is -0.560. The smallest absolute Gasteiger partial charge is 0.267 e. The van der Waals surface area contributed by atoms with E-state index in [4.69, 9.17) is 14.2 Å². The topological polar surface area (TPSA) is 77.1 Å². The molecule has 7 heteroatoms. The third kappa shape index (κ3) is 3.74. The number of carbonyl (C=O) groups excluding carboxylic acids is 2. The van der Waals surface area contributed by atoms with E-state index >= 15 is 0 Å². The quantitative estimate of drug-likeness (QED) is 0.859. The van der Waals surface area contributed by atoms with Crippen LogP contribution >= 0.6 is 0 Å². The lowest BCUT2D eigenvalue weighted by molar-refractivity contribution is -0.125. The molecule has 28 heavy (non-hydrogen) atoms. The lowest BCUT2D eigenvalue weighted by Crippen LogP contribution is -2.45. The van der Waals surface area contributed by atoms with Crippen molar-refractivity contribution in [3.8, 4) is 17.2 Å². The summed E-state index contributed by atoms with van der Waals surface area (Å²) in [6.07, 6.45) is -0.354. The highest BCUT2D eigenvalue weighted by Crippen LogP contribution is 2.33. The number of fused-ring (bicyclic) bond motifs is 2. The van der Waals surface area contributed by atoms with Gasteiger partial charge in [-0.05, 0) is 36.8 Å². The zero-order valence-electron chi connectivity index (χ0n) is 15.6. The van der Waals surface area contributed by atoms with Gasteiger partial charge in [0.2, 0.25) is 5.91 Å². The van der Waals surface area contributed by atoms with Crippen molar-refractivity contribution in [3.05, 3.63) is 48.0 Å². The highest BCUT2D eigenvalue weighted by atomic mass is 16.6. The molecule has 7 nitrogen and oxygen atoms in total. The number of benzene rings is 2. The van der Waals surface area contributed by atoms with Crippen LogP contribution in [0.1, 0.15) is 18.9 Å². The van der Waals surface area contributed by atoms with Crippen molar-refractivity contribution in [2.45, 2.75) is 26.0 Å². The van der Waals surface area contributed by atoms with Gasteiger partial charge in [-0.25, -0.2) is 0 Å². The SMILES string of the molecule is CC1Oc2ccccc2N(CCC(=O)NCc2ccc3c(c2)OCCO3)C1=O. The van der Waals surface area contributed by atoms with Crippen LogP contribution in [0.3, 0.4) is 0 Å². The Hall–Kier alpha value is -3.22. The van der Waals surface area contributed by atoms with Gasteiger partial charge >= 0.3 is 0 Å². The maximum absolute atomic E-state index is 12.5. The minimum absolute atomic E-state index is 0.126. The van der Waals surface area contributed by atoms with E-state index in [0.29, 0.717) is 43.5 Å². The molecule has 1 N–H and O–H groups in total. The van der Waals surface area contributed by atoms with Crippen LogP contribution in [0.2, 0.25) is 0 Å². The molecule has 0 saturated heterocycles. The van der Waals surface area contributed by atoms with E-state index in [9.17, 15) is 9.59 Å². The Balaban J connectivity index is 1.34. The number of rotatable bonds is 5. The number of carbonyl (C=O) groups is 2. The van der Waals surface area contributed by atoms with Crippen molar-refractivity contribution in [2.75, 3.05) is 24.7 Å². The largest absolute Gasteiger partial charge is 0.486 e. The summed E-state index contributed by atoms with van der Waals surface area (Å²) in [6.45, 7) is 3.48. The van der Waals surface area contributed by atoms with Crippen molar-refractivity contribution in [2.24, 2.45) is 0 Å². The number of para-hydroxylation sites is 2. The van der Waals surface area contributed by atoms with E-state index in [1.165, 1.54) is 0 Å². The molecular formula is C21H22N2O5. The van der Waals surface area contributed by atoms with E-state index in [1.807, 2.05) is 42.5 Å². The lowest BCUT2D eigenvalue weighted by Gasteiger charge is -2.32. The van der Waals surface area contributed by atoms with E-state index in [1.54, 1.807) is 11.8 Å². The second kappa shape index (κ2) is 7.80. The first-order valence-corrected chi connectivity index (χ1v) is 9.34. The second-order valence-electron chi connectivity index (χ2n) is 6.72. The lowest BCUT2D eigenvalue weighted by atomic mass is 10.1. The van der Waals surface area contributed by atoms with Crippen molar-refractivity contribution in [3.63, 3.8) is 0 Å². The summed E-state index contributed by atoms with van der Waals surface area (Å²) >= 11 is 0. The summed E-state index contributed by atoms with van der Waals surface area (Å²) in [5.74, 6) is 1.81. The number of anilines is 1. The van der Waals surface area contributed by atoms with Crippen molar-refractivity contribution >= 4 is 17.5 Å². The summed E-state index contributed by atoms with van der Waals surface area (Å²) in [6, 6.07) is 13.0. The average molecular weight is 382 g/mol. The predicted molar refractivity (Wildman–Crippen MR) is 103 cm³/mol. The van der Waals surface area contributed by atoms with E-state index in [0.717, 1.165) is 11.3 Å². The molecular weight excluding hydrogens is 360 g/mol. The van der Waals surface area contributed by atoms with Crippen molar-refractivity contribution in [1.82, 2.24) is 5.32 Å². The first-order valence-electron chi connectivity index (χ1n) is 9.34. The zero-order valence-corrected chi connectivity index (χ0v) is 15.6. The Labute approximate surface area is 163 Å². The van der Waals surface area contributed by atoms with Gasteiger partial charge in [-0.2, -0.15) is 0 Å². The van der Waals surface area contributed by atoms with Crippen LogP contribution in [0.4, 0.5) is 5.69 Å². The molecule has 1 unspecified atom stereocenters. The molecule has 0 spiro atoms. The summed E-state index contributed by atoms with van der Waals surface area (Å²) in [5.41, 5.74) is 1.63. The number of amides is 2. The molecule has 0 radical (unpaired) electrons. The Bertz CT molecular complexity index is 898. The summed E-state index contributed by atoms with van der Waals surface area (Å²) in [4.78, 5) is 26.4. The van der Waals surface area contributed by atoms with Gasteiger partial charge < -0.3 is 24.4 Å². The summed E-state index contributed by atoms with van der Waals surface area (Å²) in [7, 11) is 0. The number of hydrogen-bond donors (Lipinski definition) is 1. The number of nitrogens with zero attached hydrogens (tertiary/aromatic N) is 1. The van der Waals surface area contributed by atoms with Crippen LogP contribution in [-0.4, -0.2) is 37.7 Å². The van der Waals surface area contributed by atoms with Gasteiger partial charge in [-0.1, -0.05) is 18.2 Å². The molecule has 0 aromatic heterocycles. The molecule has 2 heterocycles. The molecule has 146 valence electrons. The standard InChI is InChI=1S/C21H22N2O5/c1-14-21(25)23(16-4-2-3-5-17(16)28-14)9-8-20(24)22-13-15-6-7-18-19(12-15)27-11-10-26-18/h2-7,12,14H,8-11,13H2,1H3,(H,22,24). The Morgan fingerprint density at radius 3 is 2.75 bits per heavy atom. The third-order valence-electron chi connectivity index (χ3n) is 4.73. The summed E-state index contributed by atoms with van der Waals surface area (Å²) < 4.78 is 16.7. The van der Waals surface area contributed by atoms with Crippen LogP contribution in [0.25, 0.3) is 0 Å². The fourth-order valence-electron chi connectivity index (χ4n) is 3.29. The molecule has 2 aromatic rings. The fourth-order valence-corrected chi connectivity index (χ4v) is 3.29. The van der Waals surface area contributed by atoms with Gasteiger partial charge in [0.1, 0.15) is 19.0 Å². The molecule has 0 aliphatic carbocycles. The highest BCUT2D eigenvalue weighted by Gasteiger charge is 2.31. The third-order valence-corrected chi connectivity index (χ3v) is 4.73. The molecule has 0 saturated carbocycles.